The molecule has 0 aliphatic rings. The first kappa shape index (κ1) is 69.8. The monoisotopic (exact) mass is 1000 g/mol. The van der Waals surface area contributed by atoms with E-state index in [1.165, 1.54) is 295 Å². The van der Waals surface area contributed by atoms with Crippen molar-refractivity contribution in [2.75, 3.05) is 6.61 Å². The lowest BCUT2D eigenvalue weighted by Crippen LogP contribution is -2.50. The van der Waals surface area contributed by atoms with Crippen molar-refractivity contribution in [3.63, 3.8) is 0 Å². The fourth-order valence-corrected chi connectivity index (χ4v) is 10.5. The number of nitrogens with one attached hydrogen (secondary N) is 1. The molecule has 4 N–H and O–H groups in total. The van der Waals surface area contributed by atoms with Gasteiger partial charge in [0.05, 0.1) is 18.8 Å². The third-order valence-corrected chi connectivity index (χ3v) is 15.5. The van der Waals surface area contributed by atoms with Crippen molar-refractivity contribution in [2.45, 2.75) is 385 Å². The average molecular weight is 1000 g/mol. The third-order valence-electron chi connectivity index (χ3n) is 15.5. The van der Waals surface area contributed by atoms with Crippen molar-refractivity contribution in [1.29, 1.82) is 0 Å². The van der Waals surface area contributed by atoms with Gasteiger partial charge < -0.3 is 20.6 Å². The predicted molar refractivity (Wildman–Crippen MR) is 315 cm³/mol. The number of allylic oxidation sites excluding steroid dienone is 4. The van der Waals surface area contributed by atoms with Gasteiger partial charge in [0, 0.05) is 6.42 Å². The second kappa shape index (κ2) is 61.4. The van der Waals surface area contributed by atoms with Crippen LogP contribution in [-0.2, 0) is 4.79 Å². The minimum absolute atomic E-state index is 0.150. The van der Waals surface area contributed by atoms with Gasteiger partial charge in [0.1, 0.15) is 6.10 Å². The second-order valence-corrected chi connectivity index (χ2v) is 22.7. The smallest absolute Gasteiger partial charge is 0.220 e. The maximum absolute atomic E-state index is 12.6. The van der Waals surface area contributed by atoms with E-state index in [0.717, 1.165) is 44.9 Å². The zero-order valence-corrected chi connectivity index (χ0v) is 48.4. The normalized spacial score (nSPS) is 13.3. The average Bonchev–Trinajstić information content (AvgIpc) is 3.37. The molecule has 71 heavy (non-hydrogen) atoms. The summed E-state index contributed by atoms with van der Waals surface area (Å²) in [5.41, 5.74) is 0. The summed E-state index contributed by atoms with van der Waals surface area (Å²) in [7, 11) is 0. The Morgan fingerprint density at radius 3 is 0.859 bits per heavy atom. The molecule has 0 rings (SSSR count). The zero-order chi connectivity index (χ0) is 51.4. The number of unbranched alkanes of at least 4 members (excludes halogenated alkanes) is 49. The van der Waals surface area contributed by atoms with Crippen molar-refractivity contribution >= 4 is 5.91 Å². The van der Waals surface area contributed by atoms with E-state index in [2.05, 4.69) is 43.5 Å². The van der Waals surface area contributed by atoms with Gasteiger partial charge in [-0.05, 0) is 51.4 Å². The van der Waals surface area contributed by atoms with Gasteiger partial charge in [0.2, 0.25) is 5.91 Å². The first-order valence-corrected chi connectivity index (χ1v) is 32.6. The predicted octanol–water partition coefficient (Wildman–Crippen LogP) is 20.8. The van der Waals surface area contributed by atoms with E-state index in [0.29, 0.717) is 12.8 Å². The molecule has 5 heteroatoms. The fraction of sp³-hybridized carbons (Fsp3) is 0.924. The molecule has 0 aromatic rings. The van der Waals surface area contributed by atoms with Crippen LogP contribution in [0.4, 0.5) is 0 Å². The Morgan fingerprint density at radius 2 is 0.577 bits per heavy atom. The number of aliphatic hydroxyl groups is 3. The van der Waals surface area contributed by atoms with Gasteiger partial charge >= 0.3 is 0 Å². The summed E-state index contributed by atoms with van der Waals surface area (Å²) in [6.07, 6.45) is 79.5. The molecule has 5 nitrogen and oxygen atoms in total. The summed E-state index contributed by atoms with van der Waals surface area (Å²) in [5, 5.41) is 33.8. The highest BCUT2D eigenvalue weighted by Crippen LogP contribution is 2.19. The quantitative estimate of drug-likeness (QED) is 0.0361. The summed E-state index contributed by atoms with van der Waals surface area (Å²) in [6.45, 7) is 4.22. The molecule has 0 radical (unpaired) electrons. The minimum Gasteiger partial charge on any atom is -0.394 e. The lowest BCUT2D eigenvalue weighted by atomic mass is 10.0. The van der Waals surface area contributed by atoms with Gasteiger partial charge in [-0.1, -0.05) is 334 Å². The highest BCUT2D eigenvalue weighted by Gasteiger charge is 2.26. The Kier molecular flexibility index (Phi) is 60.4. The second-order valence-electron chi connectivity index (χ2n) is 22.7. The summed E-state index contributed by atoms with van der Waals surface area (Å²) in [4.78, 5) is 12.6. The van der Waals surface area contributed by atoms with Crippen LogP contribution in [0.3, 0.4) is 0 Å². The maximum Gasteiger partial charge on any atom is 0.220 e. The molecule has 0 bridgehead atoms. The van der Waals surface area contributed by atoms with Crippen LogP contribution in [0.1, 0.15) is 367 Å². The van der Waals surface area contributed by atoms with Crippen LogP contribution in [0, 0.1) is 0 Å². The number of aliphatic hydroxyl groups excluding tert-OH is 3. The summed E-state index contributed by atoms with van der Waals surface area (Å²) in [5.74, 6) is -0.150. The van der Waals surface area contributed by atoms with Crippen LogP contribution in [0.25, 0.3) is 0 Å². The molecule has 0 aromatic carbocycles. The first-order chi connectivity index (χ1) is 35.1. The molecule has 0 aliphatic heterocycles. The molecule has 0 aliphatic carbocycles. The first-order valence-electron chi connectivity index (χ1n) is 32.6. The van der Waals surface area contributed by atoms with Gasteiger partial charge in [-0.25, -0.2) is 0 Å². The van der Waals surface area contributed by atoms with Gasteiger partial charge in [-0.3, -0.25) is 4.79 Å². The molecule has 0 heterocycles. The SMILES string of the molecule is CCCCCCCCCCCCCCCCC/C=C/CC/C=C/CCCC(O)C(O)C(CO)NC(=O)CCCCCCCCCCCCCCCCCCCCCCCCCCCCCCCCCCC. The van der Waals surface area contributed by atoms with Crippen molar-refractivity contribution < 1.29 is 20.1 Å². The van der Waals surface area contributed by atoms with Gasteiger partial charge in [-0.2, -0.15) is 0 Å². The van der Waals surface area contributed by atoms with Crippen molar-refractivity contribution in [2.24, 2.45) is 0 Å². The van der Waals surface area contributed by atoms with E-state index in [-0.39, 0.29) is 12.5 Å². The third kappa shape index (κ3) is 56.4. The number of carbonyl (C=O) groups excluding carboxylic acids is 1. The summed E-state index contributed by atoms with van der Waals surface area (Å²) >= 11 is 0. The zero-order valence-electron chi connectivity index (χ0n) is 48.4. The molecule has 0 saturated heterocycles. The number of hydrogen-bond donors (Lipinski definition) is 4. The van der Waals surface area contributed by atoms with Crippen molar-refractivity contribution in [3.05, 3.63) is 24.3 Å². The van der Waals surface area contributed by atoms with E-state index in [1.54, 1.807) is 0 Å². The molecule has 0 saturated carbocycles. The Labute approximate surface area is 445 Å². The van der Waals surface area contributed by atoms with Crippen LogP contribution < -0.4 is 5.32 Å². The summed E-state index contributed by atoms with van der Waals surface area (Å²) < 4.78 is 0. The van der Waals surface area contributed by atoms with E-state index in [1.807, 2.05) is 0 Å². The topological polar surface area (TPSA) is 89.8 Å². The molecule has 0 fully saturated rings. The largest absolute Gasteiger partial charge is 0.394 e. The van der Waals surface area contributed by atoms with Crippen LogP contribution in [0.2, 0.25) is 0 Å². The molecule has 422 valence electrons. The molecular formula is C66H129NO4. The molecule has 0 aromatic heterocycles. The Balaban J connectivity index is 3.50. The minimum atomic E-state index is -1.17. The number of carbonyl (C=O) groups is 1. The molecular weight excluding hydrogens is 871 g/mol. The van der Waals surface area contributed by atoms with Gasteiger partial charge in [0.25, 0.3) is 0 Å². The molecule has 3 atom stereocenters. The van der Waals surface area contributed by atoms with Crippen molar-refractivity contribution in [1.82, 2.24) is 5.32 Å². The van der Waals surface area contributed by atoms with Crippen LogP contribution in [0.5, 0.6) is 0 Å². The molecule has 0 spiro atoms. The van der Waals surface area contributed by atoms with E-state index in [4.69, 9.17) is 0 Å². The molecule has 3 unspecified atom stereocenters. The number of hydrogen-bond acceptors (Lipinski definition) is 4. The van der Waals surface area contributed by atoms with Crippen LogP contribution >= 0.6 is 0 Å². The lowest BCUT2D eigenvalue weighted by molar-refractivity contribution is -0.124. The molecule has 1 amide bonds. The standard InChI is InChI=1S/C66H129NO4/c1-3-5-7-9-11-13-15-17-19-21-23-25-27-29-30-31-32-33-34-35-36-37-39-41-43-45-47-49-51-53-55-57-59-61-65(70)67-63(62-68)66(71)64(69)60-58-56-54-52-50-48-46-44-42-40-38-28-26-24-22-20-18-16-14-12-10-8-6-4-2/h44,46,52,54,63-64,66,68-69,71H,3-43,45,47-51,53,55-62H2,1-2H3,(H,67,70)/b46-44+,54-52+. The van der Waals surface area contributed by atoms with E-state index >= 15 is 0 Å². The van der Waals surface area contributed by atoms with Crippen LogP contribution in [-0.4, -0.2) is 46.1 Å². The highest BCUT2D eigenvalue weighted by atomic mass is 16.3. The van der Waals surface area contributed by atoms with E-state index < -0.39 is 18.2 Å². The Hall–Kier alpha value is -1.17. The Bertz CT molecular complexity index is 1060. The lowest BCUT2D eigenvalue weighted by Gasteiger charge is -2.26. The maximum atomic E-state index is 12.6. The van der Waals surface area contributed by atoms with Gasteiger partial charge in [0.15, 0.2) is 0 Å². The number of amides is 1. The number of rotatable bonds is 61. The Morgan fingerprint density at radius 1 is 0.338 bits per heavy atom. The summed E-state index contributed by atoms with van der Waals surface area (Å²) in [6, 6.07) is -0.831. The van der Waals surface area contributed by atoms with Crippen molar-refractivity contribution in [3.8, 4) is 0 Å². The van der Waals surface area contributed by atoms with Gasteiger partial charge in [-0.15, -0.1) is 0 Å². The highest BCUT2D eigenvalue weighted by molar-refractivity contribution is 5.76. The van der Waals surface area contributed by atoms with E-state index in [9.17, 15) is 20.1 Å². The van der Waals surface area contributed by atoms with Crippen LogP contribution in [0.15, 0.2) is 24.3 Å². The fourth-order valence-electron chi connectivity index (χ4n) is 10.5.